The molecule has 0 aromatic carbocycles. The molecule has 3 heteroatoms. The number of ether oxygens (including phenoxy) is 1. The van der Waals surface area contributed by atoms with E-state index in [0.29, 0.717) is 18.8 Å². The fourth-order valence-electron chi connectivity index (χ4n) is 2.01. The van der Waals surface area contributed by atoms with Crippen LogP contribution in [-0.2, 0) is 16.0 Å². The van der Waals surface area contributed by atoms with Gasteiger partial charge in [-0.3, -0.25) is 9.78 Å². The zero-order chi connectivity index (χ0) is 11.2. The molecule has 1 fully saturated rings. The molecule has 1 unspecified atom stereocenters. The molecule has 3 nitrogen and oxygen atoms in total. The van der Waals surface area contributed by atoms with Crippen molar-refractivity contribution in [2.24, 2.45) is 5.92 Å². The summed E-state index contributed by atoms with van der Waals surface area (Å²) in [6, 6.07) is 3.92. The molecule has 1 atom stereocenters. The Morgan fingerprint density at radius 2 is 2.50 bits per heavy atom. The number of nitrogens with zero attached hydrogens (tertiary/aromatic N) is 1. The zero-order valence-electron chi connectivity index (χ0n) is 9.39. The number of hydrogen-bond acceptors (Lipinski definition) is 3. The molecule has 1 saturated heterocycles. The van der Waals surface area contributed by atoms with Gasteiger partial charge < -0.3 is 4.74 Å². The first kappa shape index (κ1) is 11.3. The van der Waals surface area contributed by atoms with Crippen LogP contribution in [0.3, 0.4) is 0 Å². The van der Waals surface area contributed by atoms with E-state index >= 15 is 0 Å². The van der Waals surface area contributed by atoms with Crippen LogP contribution in [0.5, 0.6) is 0 Å². The molecular formula is C13H17NO2. The summed E-state index contributed by atoms with van der Waals surface area (Å²) in [5.74, 6) is 0.467. The number of rotatable bonds is 4. The standard InChI is InChI=1S/C13H17NO2/c15-13(12-4-2-8-16-10-12)6-5-11-3-1-7-14-9-11/h1,3,7,9,12H,2,4-6,8,10H2. The molecule has 1 aliphatic heterocycles. The monoisotopic (exact) mass is 219 g/mol. The fourth-order valence-corrected chi connectivity index (χ4v) is 2.01. The molecule has 1 aliphatic rings. The van der Waals surface area contributed by atoms with E-state index in [0.717, 1.165) is 31.4 Å². The third-order valence-corrected chi connectivity index (χ3v) is 3.00. The first-order valence-corrected chi connectivity index (χ1v) is 5.85. The lowest BCUT2D eigenvalue weighted by Gasteiger charge is -2.20. The predicted octanol–water partition coefficient (Wildman–Crippen LogP) is 2.01. The minimum absolute atomic E-state index is 0.130. The lowest BCUT2D eigenvalue weighted by atomic mass is 9.94. The van der Waals surface area contributed by atoms with Crippen LogP contribution in [-0.4, -0.2) is 24.0 Å². The van der Waals surface area contributed by atoms with Gasteiger partial charge >= 0.3 is 0 Å². The van der Waals surface area contributed by atoms with Gasteiger partial charge in [-0.2, -0.15) is 0 Å². The summed E-state index contributed by atoms with van der Waals surface area (Å²) in [5, 5.41) is 0. The summed E-state index contributed by atoms with van der Waals surface area (Å²) in [7, 11) is 0. The van der Waals surface area contributed by atoms with Crippen molar-refractivity contribution in [2.75, 3.05) is 13.2 Å². The topological polar surface area (TPSA) is 39.2 Å². The number of carbonyl (C=O) groups is 1. The SMILES string of the molecule is O=C(CCc1cccnc1)C1CCCOC1. The number of carbonyl (C=O) groups excluding carboxylic acids is 1. The first-order chi connectivity index (χ1) is 7.86. The Bertz CT molecular complexity index is 331. The van der Waals surface area contributed by atoms with E-state index in [2.05, 4.69) is 4.98 Å². The Balaban J connectivity index is 1.79. The molecule has 0 N–H and O–H groups in total. The van der Waals surface area contributed by atoms with Crippen molar-refractivity contribution in [2.45, 2.75) is 25.7 Å². The first-order valence-electron chi connectivity index (χ1n) is 5.85. The Hall–Kier alpha value is -1.22. The van der Waals surface area contributed by atoms with Gasteiger partial charge in [0, 0.05) is 31.3 Å². The van der Waals surface area contributed by atoms with Gasteiger partial charge in [0.2, 0.25) is 0 Å². The van der Waals surface area contributed by atoms with Crippen LogP contribution >= 0.6 is 0 Å². The number of aromatic nitrogens is 1. The van der Waals surface area contributed by atoms with Gasteiger partial charge in [-0.25, -0.2) is 0 Å². The second kappa shape index (κ2) is 5.75. The van der Waals surface area contributed by atoms with Crippen molar-refractivity contribution in [1.82, 2.24) is 4.98 Å². The van der Waals surface area contributed by atoms with E-state index in [9.17, 15) is 4.79 Å². The summed E-state index contributed by atoms with van der Waals surface area (Å²) in [6.45, 7) is 1.43. The largest absolute Gasteiger partial charge is 0.381 e. The Morgan fingerprint density at radius 1 is 1.56 bits per heavy atom. The van der Waals surface area contributed by atoms with Crippen molar-refractivity contribution < 1.29 is 9.53 Å². The van der Waals surface area contributed by atoms with E-state index in [4.69, 9.17) is 4.74 Å². The second-order valence-electron chi connectivity index (χ2n) is 4.24. The van der Waals surface area contributed by atoms with Crippen molar-refractivity contribution in [3.8, 4) is 0 Å². The third-order valence-electron chi connectivity index (χ3n) is 3.00. The molecule has 0 spiro atoms. The minimum atomic E-state index is 0.130. The van der Waals surface area contributed by atoms with E-state index in [1.165, 1.54) is 0 Å². The fraction of sp³-hybridized carbons (Fsp3) is 0.538. The number of ketones is 1. The number of pyridine rings is 1. The van der Waals surface area contributed by atoms with Gasteiger partial charge in [0.15, 0.2) is 0 Å². The highest BCUT2D eigenvalue weighted by Crippen LogP contribution is 2.17. The summed E-state index contributed by atoms with van der Waals surface area (Å²) >= 11 is 0. The average Bonchev–Trinajstić information content (AvgIpc) is 2.38. The van der Waals surface area contributed by atoms with Crippen LogP contribution in [0.2, 0.25) is 0 Å². The molecule has 16 heavy (non-hydrogen) atoms. The lowest BCUT2D eigenvalue weighted by molar-refractivity contribution is -0.126. The quantitative estimate of drug-likeness (QED) is 0.777. The van der Waals surface area contributed by atoms with E-state index in [-0.39, 0.29) is 5.92 Å². The maximum absolute atomic E-state index is 11.9. The Kier molecular flexibility index (Phi) is 4.05. The van der Waals surface area contributed by atoms with Gasteiger partial charge in [-0.15, -0.1) is 0 Å². The molecule has 2 heterocycles. The maximum atomic E-state index is 11.9. The smallest absolute Gasteiger partial charge is 0.138 e. The summed E-state index contributed by atoms with van der Waals surface area (Å²) in [4.78, 5) is 15.9. The third kappa shape index (κ3) is 3.14. The molecule has 2 rings (SSSR count). The maximum Gasteiger partial charge on any atom is 0.138 e. The van der Waals surface area contributed by atoms with Crippen LogP contribution in [0.25, 0.3) is 0 Å². The van der Waals surface area contributed by atoms with Crippen LogP contribution in [0.1, 0.15) is 24.8 Å². The van der Waals surface area contributed by atoms with Crippen molar-refractivity contribution in [1.29, 1.82) is 0 Å². The molecular weight excluding hydrogens is 202 g/mol. The molecule has 0 saturated carbocycles. The normalized spacial score (nSPS) is 20.6. The highest BCUT2D eigenvalue weighted by molar-refractivity contribution is 5.81. The number of aryl methyl sites for hydroxylation is 1. The molecule has 1 aromatic rings. The number of hydrogen-bond donors (Lipinski definition) is 0. The summed E-state index contributed by atoms with van der Waals surface area (Å²) in [5.41, 5.74) is 1.13. The van der Waals surface area contributed by atoms with E-state index in [1.54, 1.807) is 6.20 Å². The van der Waals surface area contributed by atoms with Crippen molar-refractivity contribution >= 4 is 5.78 Å². The zero-order valence-corrected chi connectivity index (χ0v) is 9.39. The van der Waals surface area contributed by atoms with Gasteiger partial charge in [-0.1, -0.05) is 6.07 Å². The van der Waals surface area contributed by atoms with Crippen LogP contribution < -0.4 is 0 Å². The summed E-state index contributed by atoms with van der Waals surface area (Å²) < 4.78 is 5.32. The van der Waals surface area contributed by atoms with Crippen molar-refractivity contribution in [3.05, 3.63) is 30.1 Å². The molecule has 0 bridgehead atoms. The van der Waals surface area contributed by atoms with Gasteiger partial charge in [0.1, 0.15) is 5.78 Å². The van der Waals surface area contributed by atoms with E-state index < -0.39 is 0 Å². The van der Waals surface area contributed by atoms with Gasteiger partial charge in [-0.05, 0) is 30.9 Å². The highest BCUT2D eigenvalue weighted by atomic mass is 16.5. The second-order valence-corrected chi connectivity index (χ2v) is 4.24. The number of Topliss-reactive ketones (excluding diaryl/α,β-unsaturated/α-hetero) is 1. The van der Waals surface area contributed by atoms with Crippen LogP contribution in [0.15, 0.2) is 24.5 Å². The summed E-state index contributed by atoms with van der Waals surface area (Å²) in [6.07, 6.45) is 6.99. The van der Waals surface area contributed by atoms with Gasteiger partial charge in [0.05, 0.1) is 6.61 Å². The average molecular weight is 219 g/mol. The van der Waals surface area contributed by atoms with Gasteiger partial charge in [0.25, 0.3) is 0 Å². The van der Waals surface area contributed by atoms with Crippen molar-refractivity contribution in [3.63, 3.8) is 0 Å². The Morgan fingerprint density at radius 3 is 3.19 bits per heavy atom. The highest BCUT2D eigenvalue weighted by Gasteiger charge is 2.20. The van der Waals surface area contributed by atoms with Crippen LogP contribution in [0, 0.1) is 5.92 Å². The van der Waals surface area contributed by atoms with Crippen LogP contribution in [0.4, 0.5) is 0 Å². The lowest BCUT2D eigenvalue weighted by Crippen LogP contribution is -2.25. The molecule has 0 amide bonds. The minimum Gasteiger partial charge on any atom is -0.381 e. The molecule has 0 aliphatic carbocycles. The molecule has 86 valence electrons. The van der Waals surface area contributed by atoms with E-state index in [1.807, 2.05) is 18.3 Å². The predicted molar refractivity (Wildman–Crippen MR) is 61.1 cm³/mol. The molecule has 0 radical (unpaired) electrons. The molecule has 1 aromatic heterocycles. The Labute approximate surface area is 95.8 Å².